The van der Waals surface area contributed by atoms with Gasteiger partial charge in [-0.2, -0.15) is 0 Å². The SMILES string of the molecule is COc1cc(NCC(O)c2ccccc2F)cc(OC)c1. The van der Waals surface area contributed by atoms with E-state index in [0.29, 0.717) is 11.5 Å². The number of aliphatic hydroxyl groups is 1. The molecule has 4 nitrogen and oxygen atoms in total. The van der Waals surface area contributed by atoms with E-state index in [9.17, 15) is 9.50 Å². The van der Waals surface area contributed by atoms with Crippen LogP contribution in [-0.2, 0) is 0 Å². The van der Waals surface area contributed by atoms with Crippen molar-refractivity contribution >= 4 is 5.69 Å². The lowest BCUT2D eigenvalue weighted by molar-refractivity contribution is 0.186. The fourth-order valence-electron chi connectivity index (χ4n) is 1.98. The van der Waals surface area contributed by atoms with E-state index >= 15 is 0 Å². The lowest BCUT2D eigenvalue weighted by Gasteiger charge is -2.15. The fraction of sp³-hybridized carbons (Fsp3) is 0.250. The highest BCUT2D eigenvalue weighted by molar-refractivity contribution is 5.53. The molecule has 0 aliphatic rings. The van der Waals surface area contributed by atoms with E-state index in [0.717, 1.165) is 5.69 Å². The Bertz CT molecular complexity index is 582. The summed E-state index contributed by atoms with van der Waals surface area (Å²) in [6.45, 7) is 0.178. The molecule has 0 amide bonds. The second-order valence-corrected chi connectivity index (χ2v) is 4.52. The average Bonchev–Trinajstić information content (AvgIpc) is 2.52. The van der Waals surface area contributed by atoms with Crippen LogP contribution >= 0.6 is 0 Å². The third kappa shape index (κ3) is 3.86. The van der Waals surface area contributed by atoms with Gasteiger partial charge in [0.1, 0.15) is 17.3 Å². The van der Waals surface area contributed by atoms with Crippen molar-refractivity contribution in [2.45, 2.75) is 6.10 Å². The molecule has 112 valence electrons. The zero-order valence-corrected chi connectivity index (χ0v) is 12.0. The molecule has 0 aromatic heterocycles. The Kier molecular flexibility index (Phi) is 5.00. The lowest BCUT2D eigenvalue weighted by atomic mass is 10.1. The maximum atomic E-state index is 13.6. The maximum Gasteiger partial charge on any atom is 0.129 e. The van der Waals surface area contributed by atoms with Gasteiger partial charge in [0.05, 0.1) is 20.3 Å². The molecular weight excluding hydrogens is 273 g/mol. The quantitative estimate of drug-likeness (QED) is 0.859. The fourth-order valence-corrected chi connectivity index (χ4v) is 1.98. The van der Waals surface area contributed by atoms with Crippen molar-refractivity contribution in [1.29, 1.82) is 0 Å². The summed E-state index contributed by atoms with van der Waals surface area (Å²) in [5, 5.41) is 13.1. The van der Waals surface area contributed by atoms with Gasteiger partial charge in [0, 0.05) is 36.0 Å². The highest BCUT2D eigenvalue weighted by Crippen LogP contribution is 2.26. The largest absolute Gasteiger partial charge is 0.497 e. The van der Waals surface area contributed by atoms with Crippen LogP contribution in [-0.4, -0.2) is 25.9 Å². The lowest BCUT2D eigenvalue weighted by Crippen LogP contribution is -2.13. The number of methoxy groups -OCH3 is 2. The molecule has 2 aromatic carbocycles. The van der Waals surface area contributed by atoms with Crippen LogP contribution in [0.15, 0.2) is 42.5 Å². The van der Waals surface area contributed by atoms with Crippen molar-refractivity contribution in [2.75, 3.05) is 26.1 Å². The van der Waals surface area contributed by atoms with E-state index in [2.05, 4.69) is 5.32 Å². The highest BCUT2D eigenvalue weighted by Gasteiger charge is 2.12. The van der Waals surface area contributed by atoms with E-state index in [1.54, 1.807) is 50.6 Å². The van der Waals surface area contributed by atoms with Crippen molar-refractivity contribution in [3.8, 4) is 11.5 Å². The molecule has 0 fully saturated rings. The van der Waals surface area contributed by atoms with Crippen molar-refractivity contribution < 1.29 is 19.0 Å². The van der Waals surface area contributed by atoms with Crippen molar-refractivity contribution in [3.63, 3.8) is 0 Å². The first-order chi connectivity index (χ1) is 10.1. The third-order valence-corrected chi connectivity index (χ3v) is 3.12. The van der Waals surface area contributed by atoms with Crippen LogP contribution < -0.4 is 14.8 Å². The molecule has 0 spiro atoms. The van der Waals surface area contributed by atoms with Crippen LogP contribution in [0.2, 0.25) is 0 Å². The molecular formula is C16H18FNO3. The molecule has 0 heterocycles. The highest BCUT2D eigenvalue weighted by atomic mass is 19.1. The molecule has 0 radical (unpaired) electrons. The first-order valence-electron chi connectivity index (χ1n) is 6.53. The van der Waals surface area contributed by atoms with Crippen molar-refractivity contribution in [2.24, 2.45) is 0 Å². The monoisotopic (exact) mass is 291 g/mol. The van der Waals surface area contributed by atoms with Gasteiger partial charge in [0.2, 0.25) is 0 Å². The molecule has 2 rings (SSSR count). The summed E-state index contributed by atoms with van der Waals surface area (Å²) < 4.78 is 23.9. The minimum absolute atomic E-state index is 0.178. The van der Waals surface area contributed by atoms with Crippen LogP contribution in [0.5, 0.6) is 11.5 Å². The molecule has 2 N–H and O–H groups in total. The summed E-state index contributed by atoms with van der Waals surface area (Å²) in [6, 6.07) is 11.5. The molecule has 1 unspecified atom stereocenters. The molecule has 0 saturated heterocycles. The van der Waals surface area contributed by atoms with Gasteiger partial charge < -0.3 is 19.9 Å². The van der Waals surface area contributed by atoms with Gasteiger partial charge in [0.15, 0.2) is 0 Å². The molecule has 5 heteroatoms. The first kappa shape index (κ1) is 15.1. The molecule has 0 saturated carbocycles. The number of anilines is 1. The number of halogens is 1. The van der Waals surface area contributed by atoms with Crippen LogP contribution in [0.25, 0.3) is 0 Å². The Morgan fingerprint density at radius 1 is 1.10 bits per heavy atom. The van der Waals surface area contributed by atoms with Crippen molar-refractivity contribution in [1.82, 2.24) is 0 Å². The average molecular weight is 291 g/mol. The van der Waals surface area contributed by atoms with E-state index < -0.39 is 11.9 Å². The van der Waals surface area contributed by atoms with Gasteiger partial charge >= 0.3 is 0 Å². The summed E-state index contributed by atoms with van der Waals surface area (Å²) in [6.07, 6.45) is -0.941. The van der Waals surface area contributed by atoms with Gasteiger partial charge in [0.25, 0.3) is 0 Å². The standard InChI is InChI=1S/C16H18FNO3/c1-20-12-7-11(8-13(9-12)21-2)18-10-16(19)14-5-3-4-6-15(14)17/h3-9,16,18-19H,10H2,1-2H3. The normalized spacial score (nSPS) is 11.8. The topological polar surface area (TPSA) is 50.7 Å². The number of nitrogens with one attached hydrogen (secondary N) is 1. The number of benzene rings is 2. The minimum Gasteiger partial charge on any atom is -0.497 e. The molecule has 1 atom stereocenters. The van der Waals surface area contributed by atoms with E-state index in [-0.39, 0.29) is 12.1 Å². The van der Waals surface area contributed by atoms with Crippen LogP contribution in [0, 0.1) is 5.82 Å². The molecule has 0 bridgehead atoms. The molecule has 21 heavy (non-hydrogen) atoms. The summed E-state index contributed by atoms with van der Waals surface area (Å²) in [7, 11) is 3.12. The van der Waals surface area contributed by atoms with E-state index in [1.165, 1.54) is 6.07 Å². The number of hydrogen-bond acceptors (Lipinski definition) is 4. The number of hydrogen-bond donors (Lipinski definition) is 2. The number of rotatable bonds is 6. The van der Waals surface area contributed by atoms with E-state index in [1.807, 2.05) is 0 Å². The second kappa shape index (κ2) is 6.95. The third-order valence-electron chi connectivity index (χ3n) is 3.12. The minimum atomic E-state index is -0.941. The molecule has 0 aliphatic carbocycles. The molecule has 0 aliphatic heterocycles. The van der Waals surface area contributed by atoms with E-state index in [4.69, 9.17) is 9.47 Å². The van der Waals surface area contributed by atoms with Gasteiger partial charge in [-0.3, -0.25) is 0 Å². The van der Waals surface area contributed by atoms with Gasteiger partial charge in [-0.15, -0.1) is 0 Å². The zero-order valence-electron chi connectivity index (χ0n) is 12.0. The Morgan fingerprint density at radius 2 is 1.71 bits per heavy atom. The summed E-state index contributed by atoms with van der Waals surface area (Å²) in [5.74, 6) is 0.851. The summed E-state index contributed by atoms with van der Waals surface area (Å²) in [4.78, 5) is 0. The second-order valence-electron chi connectivity index (χ2n) is 4.52. The van der Waals surface area contributed by atoms with Gasteiger partial charge in [-0.1, -0.05) is 18.2 Å². The Balaban J connectivity index is 2.07. The molecule has 2 aromatic rings. The Morgan fingerprint density at radius 3 is 2.29 bits per heavy atom. The number of aliphatic hydroxyl groups excluding tert-OH is 1. The summed E-state index contributed by atoms with van der Waals surface area (Å²) in [5.41, 5.74) is 0.987. The Hall–Kier alpha value is -2.27. The smallest absolute Gasteiger partial charge is 0.129 e. The van der Waals surface area contributed by atoms with Gasteiger partial charge in [-0.05, 0) is 6.07 Å². The predicted molar refractivity (Wildman–Crippen MR) is 79.4 cm³/mol. The maximum absolute atomic E-state index is 13.6. The van der Waals surface area contributed by atoms with Crippen molar-refractivity contribution in [3.05, 3.63) is 53.8 Å². The van der Waals surface area contributed by atoms with Crippen LogP contribution in [0.4, 0.5) is 10.1 Å². The predicted octanol–water partition coefficient (Wildman–Crippen LogP) is 2.99. The Labute approximate surface area is 123 Å². The van der Waals surface area contributed by atoms with Gasteiger partial charge in [-0.25, -0.2) is 4.39 Å². The number of ether oxygens (including phenoxy) is 2. The van der Waals surface area contributed by atoms with Crippen LogP contribution in [0.1, 0.15) is 11.7 Å². The van der Waals surface area contributed by atoms with Crippen LogP contribution in [0.3, 0.4) is 0 Å². The zero-order chi connectivity index (χ0) is 15.2. The summed E-state index contributed by atoms with van der Waals surface area (Å²) >= 11 is 0. The first-order valence-corrected chi connectivity index (χ1v) is 6.53.